The highest BCUT2D eigenvalue weighted by molar-refractivity contribution is 5.15. The molecule has 2 aliphatic heterocycles. The molecule has 170 valence electrons. The van der Waals surface area contributed by atoms with E-state index in [1.165, 1.54) is 44.9 Å². The first-order valence-corrected chi connectivity index (χ1v) is 13.3. The number of aliphatic hydroxyl groups excluding tert-OH is 1. The van der Waals surface area contributed by atoms with E-state index in [1.807, 2.05) is 0 Å². The molecule has 2 heterocycles. The van der Waals surface area contributed by atoms with E-state index in [0.717, 1.165) is 49.5 Å². The van der Waals surface area contributed by atoms with E-state index in [4.69, 9.17) is 9.47 Å². The van der Waals surface area contributed by atoms with Gasteiger partial charge in [0.2, 0.25) is 0 Å². The minimum absolute atomic E-state index is 0.0389. The fraction of sp³-hybridized carbons (Fsp3) is 1.00. The topological polar surface area (TPSA) is 38.7 Å². The highest BCUT2D eigenvalue weighted by Gasteiger charge is 2.69. The molecule has 0 aromatic rings. The van der Waals surface area contributed by atoms with Crippen molar-refractivity contribution in [1.29, 1.82) is 0 Å². The Morgan fingerprint density at radius 3 is 2.40 bits per heavy atom. The molecule has 3 heteroatoms. The molecule has 1 unspecified atom stereocenters. The van der Waals surface area contributed by atoms with E-state index in [0.29, 0.717) is 34.7 Å². The van der Waals surface area contributed by atoms with Gasteiger partial charge in [0.05, 0.1) is 18.8 Å². The van der Waals surface area contributed by atoms with Gasteiger partial charge in [-0.3, -0.25) is 0 Å². The zero-order valence-corrected chi connectivity index (χ0v) is 19.7. The molecule has 4 saturated carbocycles. The maximum atomic E-state index is 10.3. The van der Waals surface area contributed by atoms with Gasteiger partial charge >= 0.3 is 0 Å². The van der Waals surface area contributed by atoms with Crippen molar-refractivity contribution < 1.29 is 14.6 Å². The molecule has 0 aromatic heterocycles. The Kier molecular flexibility index (Phi) is 4.58. The van der Waals surface area contributed by atoms with Gasteiger partial charge in [0.1, 0.15) is 0 Å². The lowest BCUT2D eigenvalue weighted by atomic mass is 9.44. The third kappa shape index (κ3) is 2.61. The van der Waals surface area contributed by atoms with Crippen LogP contribution in [-0.4, -0.2) is 29.7 Å². The van der Waals surface area contributed by atoms with Gasteiger partial charge < -0.3 is 14.6 Å². The Morgan fingerprint density at radius 1 is 0.833 bits per heavy atom. The first kappa shape index (κ1) is 20.5. The van der Waals surface area contributed by atoms with Crippen LogP contribution < -0.4 is 0 Å². The smallest absolute Gasteiger partial charge is 0.171 e. The lowest BCUT2D eigenvalue weighted by Crippen LogP contribution is -2.55. The average Bonchev–Trinajstić information content (AvgIpc) is 3.16. The molecule has 0 bridgehead atoms. The third-order valence-corrected chi connectivity index (χ3v) is 11.9. The molecule has 2 saturated heterocycles. The van der Waals surface area contributed by atoms with Crippen LogP contribution in [-0.2, 0) is 9.47 Å². The summed E-state index contributed by atoms with van der Waals surface area (Å²) in [5.74, 6) is 4.93. The summed E-state index contributed by atoms with van der Waals surface area (Å²) in [6, 6.07) is 0. The Bertz CT molecular complexity index is 684. The van der Waals surface area contributed by atoms with Gasteiger partial charge in [0.15, 0.2) is 5.79 Å². The lowest BCUT2D eigenvalue weighted by Gasteiger charge is -2.61. The standard InChI is InChI=1S/C27H44O3/c1-16-7-12-27(29-15-16)17(2)24-23(30-27)14-22-20-6-5-18-13-19(28)8-10-25(18,3)21(20)9-11-26(22,24)4/h16-24,28H,5-15H2,1-4H3/t16-,17+,18+,19+,20-,21?,22+,23+,24+,25+,26+,27-/m1/s1. The van der Waals surface area contributed by atoms with Crippen molar-refractivity contribution in [3.63, 3.8) is 0 Å². The summed E-state index contributed by atoms with van der Waals surface area (Å²) in [6.45, 7) is 10.9. The Labute approximate surface area is 183 Å². The summed E-state index contributed by atoms with van der Waals surface area (Å²) in [4.78, 5) is 0. The number of aliphatic hydroxyl groups is 1. The van der Waals surface area contributed by atoms with E-state index >= 15 is 0 Å². The Balaban J connectivity index is 1.26. The van der Waals surface area contributed by atoms with Crippen LogP contribution in [0.2, 0.25) is 0 Å². The van der Waals surface area contributed by atoms with Crippen molar-refractivity contribution in [2.75, 3.05) is 6.61 Å². The predicted octanol–water partition coefficient (Wildman–Crippen LogP) is 5.79. The molecular formula is C27H44O3. The number of rotatable bonds is 0. The second-order valence-corrected chi connectivity index (χ2v) is 13.1. The molecule has 6 rings (SSSR count). The van der Waals surface area contributed by atoms with Gasteiger partial charge in [-0.1, -0.05) is 27.7 Å². The van der Waals surface area contributed by atoms with Crippen molar-refractivity contribution in [1.82, 2.24) is 0 Å². The zero-order valence-electron chi connectivity index (χ0n) is 19.7. The van der Waals surface area contributed by atoms with Crippen molar-refractivity contribution in [2.45, 2.75) is 110 Å². The second kappa shape index (κ2) is 6.70. The van der Waals surface area contributed by atoms with Crippen LogP contribution in [0.4, 0.5) is 0 Å². The highest BCUT2D eigenvalue weighted by atomic mass is 16.7. The predicted molar refractivity (Wildman–Crippen MR) is 118 cm³/mol. The molecule has 4 aliphatic carbocycles. The van der Waals surface area contributed by atoms with Gasteiger partial charge in [-0.15, -0.1) is 0 Å². The van der Waals surface area contributed by atoms with Crippen LogP contribution in [0.3, 0.4) is 0 Å². The molecule has 0 radical (unpaired) electrons. The van der Waals surface area contributed by atoms with Crippen molar-refractivity contribution in [3.05, 3.63) is 0 Å². The van der Waals surface area contributed by atoms with Crippen LogP contribution in [0.5, 0.6) is 0 Å². The van der Waals surface area contributed by atoms with Gasteiger partial charge in [0.25, 0.3) is 0 Å². The maximum Gasteiger partial charge on any atom is 0.171 e. The summed E-state index contributed by atoms with van der Waals surface area (Å²) in [6.07, 6.45) is 12.9. The molecule has 30 heavy (non-hydrogen) atoms. The van der Waals surface area contributed by atoms with E-state index in [-0.39, 0.29) is 11.9 Å². The Hall–Kier alpha value is -0.120. The SMILES string of the molecule is C[C@@H]1CC[C@@]2(OC1)O[C@H]1C[C@H]3[C@@H]4CC[C@H]5C[C@@H](O)CC[C@]5(C)C4CC[C@]3(C)[C@H]1[C@@H]2C. The molecule has 3 nitrogen and oxygen atoms in total. The van der Waals surface area contributed by atoms with Gasteiger partial charge in [0, 0.05) is 12.3 Å². The van der Waals surface area contributed by atoms with Gasteiger partial charge in [-0.05, 0) is 104 Å². The van der Waals surface area contributed by atoms with Crippen LogP contribution in [0.15, 0.2) is 0 Å². The summed E-state index contributed by atoms with van der Waals surface area (Å²) in [5, 5.41) is 10.3. The van der Waals surface area contributed by atoms with E-state index < -0.39 is 0 Å². The Morgan fingerprint density at radius 2 is 1.63 bits per heavy atom. The first-order chi connectivity index (χ1) is 14.3. The summed E-state index contributed by atoms with van der Waals surface area (Å²) in [5.41, 5.74) is 0.899. The fourth-order valence-corrected chi connectivity index (χ4v) is 10.3. The second-order valence-electron chi connectivity index (χ2n) is 13.1. The number of fused-ring (bicyclic) bond motifs is 7. The normalized spacial score (nSPS) is 62.5. The van der Waals surface area contributed by atoms with Crippen molar-refractivity contribution >= 4 is 0 Å². The van der Waals surface area contributed by atoms with E-state index in [1.54, 1.807) is 0 Å². The van der Waals surface area contributed by atoms with Crippen molar-refractivity contribution in [3.8, 4) is 0 Å². The molecule has 6 fully saturated rings. The number of ether oxygens (including phenoxy) is 2. The quantitative estimate of drug-likeness (QED) is 0.543. The van der Waals surface area contributed by atoms with E-state index in [2.05, 4.69) is 27.7 Å². The molecule has 12 atom stereocenters. The fourth-order valence-electron chi connectivity index (χ4n) is 10.3. The van der Waals surface area contributed by atoms with Crippen molar-refractivity contribution in [2.24, 2.45) is 52.3 Å². The summed E-state index contributed by atoms with van der Waals surface area (Å²) < 4.78 is 13.4. The molecule has 0 aromatic carbocycles. The number of hydrogen-bond acceptors (Lipinski definition) is 3. The van der Waals surface area contributed by atoms with Crippen LogP contribution in [0.25, 0.3) is 0 Å². The average molecular weight is 417 g/mol. The minimum Gasteiger partial charge on any atom is -0.393 e. The monoisotopic (exact) mass is 416 g/mol. The maximum absolute atomic E-state index is 10.3. The summed E-state index contributed by atoms with van der Waals surface area (Å²) >= 11 is 0. The zero-order chi connectivity index (χ0) is 20.9. The van der Waals surface area contributed by atoms with E-state index in [9.17, 15) is 5.11 Å². The van der Waals surface area contributed by atoms with Gasteiger partial charge in [-0.2, -0.15) is 0 Å². The molecular weight excluding hydrogens is 372 g/mol. The number of hydrogen-bond donors (Lipinski definition) is 1. The molecule has 1 N–H and O–H groups in total. The van der Waals surface area contributed by atoms with Crippen LogP contribution in [0.1, 0.15) is 91.9 Å². The summed E-state index contributed by atoms with van der Waals surface area (Å²) in [7, 11) is 0. The molecule has 6 aliphatic rings. The highest BCUT2D eigenvalue weighted by Crippen LogP contribution is 2.71. The van der Waals surface area contributed by atoms with Crippen LogP contribution >= 0.6 is 0 Å². The molecule has 0 amide bonds. The minimum atomic E-state index is -0.282. The third-order valence-electron chi connectivity index (χ3n) is 11.9. The van der Waals surface area contributed by atoms with Crippen LogP contribution in [0, 0.1) is 52.3 Å². The first-order valence-electron chi connectivity index (χ1n) is 13.3. The van der Waals surface area contributed by atoms with Gasteiger partial charge in [-0.25, -0.2) is 0 Å². The largest absolute Gasteiger partial charge is 0.393 e. The molecule has 1 spiro atoms. The lowest BCUT2D eigenvalue weighted by molar-refractivity contribution is -0.273.